The Morgan fingerprint density at radius 1 is 1.11 bits per heavy atom. The summed E-state index contributed by atoms with van der Waals surface area (Å²) in [5.74, 6) is 0.621. The molecular formula is C29H32ClN3O2. The van der Waals surface area contributed by atoms with E-state index in [-0.39, 0.29) is 11.8 Å². The molecular weight excluding hydrogens is 458 g/mol. The first-order chi connectivity index (χ1) is 16.9. The Labute approximate surface area is 212 Å². The second-order valence-corrected chi connectivity index (χ2v) is 9.87. The van der Waals surface area contributed by atoms with Gasteiger partial charge in [-0.25, -0.2) is 0 Å². The molecule has 1 aliphatic rings. The summed E-state index contributed by atoms with van der Waals surface area (Å²) < 4.78 is 0. The van der Waals surface area contributed by atoms with Crippen LogP contribution in [0.2, 0.25) is 5.02 Å². The first-order valence-corrected chi connectivity index (χ1v) is 12.5. The summed E-state index contributed by atoms with van der Waals surface area (Å²) in [6.45, 7) is 7.27. The van der Waals surface area contributed by atoms with Crippen LogP contribution in [-0.2, 0) is 4.79 Å². The number of oxime groups is 1. The molecule has 1 N–H and O–H groups in total. The van der Waals surface area contributed by atoms with Crippen LogP contribution in [0.3, 0.4) is 0 Å². The third-order valence-electron chi connectivity index (χ3n) is 7.11. The average molecular weight is 490 g/mol. The van der Waals surface area contributed by atoms with Gasteiger partial charge in [-0.3, -0.25) is 9.78 Å². The zero-order valence-electron chi connectivity index (χ0n) is 20.5. The monoisotopic (exact) mass is 489 g/mol. The highest BCUT2D eigenvalue weighted by molar-refractivity contribution is 6.30. The molecule has 4 rings (SSSR count). The predicted molar refractivity (Wildman–Crippen MR) is 141 cm³/mol. The molecule has 2 aromatic carbocycles. The maximum absolute atomic E-state index is 11.7. The summed E-state index contributed by atoms with van der Waals surface area (Å²) >= 11 is 6.26. The van der Waals surface area contributed by atoms with Crippen molar-refractivity contribution in [1.82, 2.24) is 9.88 Å². The summed E-state index contributed by atoms with van der Waals surface area (Å²) in [5, 5.41) is 14.3. The van der Waals surface area contributed by atoms with Gasteiger partial charge in [-0.05, 0) is 79.1 Å². The molecule has 2 heterocycles. The number of benzene rings is 2. The van der Waals surface area contributed by atoms with E-state index >= 15 is 0 Å². The number of aromatic nitrogens is 1. The predicted octanol–water partition coefficient (Wildman–Crippen LogP) is 6.48. The number of likely N-dealkylation sites (tertiary alicyclic amines) is 1. The van der Waals surface area contributed by atoms with Crippen molar-refractivity contribution in [3.8, 4) is 0 Å². The molecule has 35 heavy (non-hydrogen) atoms. The molecule has 1 aromatic heterocycles. The summed E-state index contributed by atoms with van der Waals surface area (Å²) in [6.07, 6.45) is 4.26. The minimum absolute atomic E-state index is 0.000230. The fourth-order valence-corrected chi connectivity index (χ4v) is 5.33. The Kier molecular flexibility index (Phi) is 7.86. The zero-order chi connectivity index (χ0) is 24.9. The lowest BCUT2D eigenvalue weighted by Crippen LogP contribution is -2.36. The first kappa shape index (κ1) is 24.9. The van der Waals surface area contributed by atoms with E-state index in [0.29, 0.717) is 23.1 Å². The Bertz CT molecular complexity index is 1210. The van der Waals surface area contributed by atoms with Crippen LogP contribution >= 0.6 is 11.6 Å². The molecule has 5 nitrogen and oxygen atoms in total. The van der Waals surface area contributed by atoms with E-state index in [4.69, 9.17) is 11.6 Å². The smallest absolute Gasteiger partial charge is 0.219 e. The summed E-state index contributed by atoms with van der Waals surface area (Å²) in [4.78, 5) is 17.9. The molecule has 6 heteroatoms. The third kappa shape index (κ3) is 5.91. The molecule has 1 saturated heterocycles. The number of carbonyl (C=O) groups is 1. The van der Waals surface area contributed by atoms with Crippen molar-refractivity contribution in [2.75, 3.05) is 13.1 Å². The van der Waals surface area contributed by atoms with Crippen molar-refractivity contribution in [3.63, 3.8) is 0 Å². The normalized spacial score (nSPS) is 15.8. The van der Waals surface area contributed by atoms with E-state index in [1.165, 1.54) is 5.56 Å². The molecule has 1 amide bonds. The summed E-state index contributed by atoms with van der Waals surface area (Å²) in [7, 11) is 0. The van der Waals surface area contributed by atoms with Gasteiger partial charge in [-0.2, -0.15) is 0 Å². The van der Waals surface area contributed by atoms with Gasteiger partial charge in [0.15, 0.2) is 0 Å². The van der Waals surface area contributed by atoms with E-state index in [1.807, 2.05) is 36.1 Å². The molecule has 1 atom stereocenters. The third-order valence-corrected chi connectivity index (χ3v) is 7.34. The van der Waals surface area contributed by atoms with Crippen LogP contribution in [0.15, 0.2) is 65.9 Å². The van der Waals surface area contributed by atoms with Crippen LogP contribution in [0.4, 0.5) is 0 Å². The molecule has 0 aliphatic carbocycles. The van der Waals surface area contributed by atoms with Gasteiger partial charge in [0, 0.05) is 54.8 Å². The minimum Gasteiger partial charge on any atom is -0.411 e. The number of carbonyl (C=O) groups excluding carboxylic acids is 1. The minimum atomic E-state index is 0.000230. The number of pyridine rings is 1. The van der Waals surface area contributed by atoms with E-state index in [9.17, 15) is 10.0 Å². The highest BCUT2D eigenvalue weighted by atomic mass is 35.5. The lowest BCUT2D eigenvalue weighted by Gasteiger charge is -2.31. The second-order valence-electron chi connectivity index (χ2n) is 9.44. The largest absolute Gasteiger partial charge is 0.411 e. The van der Waals surface area contributed by atoms with Gasteiger partial charge in [-0.1, -0.05) is 47.1 Å². The molecule has 0 saturated carbocycles. The fourth-order valence-electron chi connectivity index (χ4n) is 5.10. The number of aryl methyl sites for hydroxylation is 2. The molecule has 1 aliphatic heterocycles. The topological polar surface area (TPSA) is 65.8 Å². The maximum Gasteiger partial charge on any atom is 0.219 e. The van der Waals surface area contributed by atoms with Gasteiger partial charge < -0.3 is 10.1 Å². The van der Waals surface area contributed by atoms with Crippen LogP contribution in [0.25, 0.3) is 0 Å². The van der Waals surface area contributed by atoms with E-state index in [1.54, 1.807) is 13.1 Å². The number of nitrogens with zero attached hydrogens (tertiary/aromatic N) is 3. The van der Waals surface area contributed by atoms with Gasteiger partial charge in [0.2, 0.25) is 5.91 Å². The van der Waals surface area contributed by atoms with Crippen LogP contribution in [-0.4, -0.2) is 39.8 Å². The van der Waals surface area contributed by atoms with Crippen LogP contribution in [0, 0.1) is 13.8 Å². The van der Waals surface area contributed by atoms with E-state index in [0.717, 1.165) is 53.9 Å². The van der Waals surface area contributed by atoms with E-state index < -0.39 is 0 Å². The van der Waals surface area contributed by atoms with Crippen molar-refractivity contribution >= 4 is 23.2 Å². The maximum atomic E-state index is 11.7. The van der Waals surface area contributed by atoms with Crippen molar-refractivity contribution in [1.29, 1.82) is 0 Å². The Balaban J connectivity index is 1.63. The molecule has 0 bridgehead atoms. The molecule has 3 aromatic rings. The average Bonchev–Trinajstić information content (AvgIpc) is 2.86. The molecule has 0 spiro atoms. The SMILES string of the molecule is CC(=O)N1CCC(c2ccc([C@@H](C/C(=N\O)c3ccnc(C)c3)c3ccc(Cl)cc3C)cc2)CC1. The van der Waals surface area contributed by atoms with Crippen molar-refractivity contribution in [2.24, 2.45) is 5.16 Å². The molecule has 0 radical (unpaired) electrons. The van der Waals surface area contributed by atoms with Crippen molar-refractivity contribution in [2.45, 2.75) is 51.9 Å². The van der Waals surface area contributed by atoms with Crippen LogP contribution < -0.4 is 0 Å². The molecule has 182 valence electrons. The fraction of sp³-hybridized carbons (Fsp3) is 0.345. The standard InChI is InChI=1S/C29H32ClN3O2/c1-19-16-26(30)8-9-27(19)28(18-29(32-35)25-10-13-31-20(2)17-25)24-6-4-22(5-7-24)23-11-14-33(15-12-23)21(3)34/h4-10,13,16-17,23,28,35H,11-12,14-15,18H2,1-3H3/b32-29+/t28-/m1/s1. The van der Waals surface area contributed by atoms with Gasteiger partial charge in [-0.15, -0.1) is 0 Å². The number of hydrogen-bond donors (Lipinski definition) is 1. The lowest BCUT2D eigenvalue weighted by atomic mass is 9.82. The Morgan fingerprint density at radius 3 is 2.43 bits per heavy atom. The van der Waals surface area contributed by atoms with Crippen molar-refractivity contribution < 1.29 is 10.0 Å². The zero-order valence-corrected chi connectivity index (χ0v) is 21.3. The highest BCUT2D eigenvalue weighted by Gasteiger charge is 2.24. The number of rotatable bonds is 6. The van der Waals surface area contributed by atoms with Gasteiger partial charge in [0.25, 0.3) is 0 Å². The number of halogens is 1. The highest BCUT2D eigenvalue weighted by Crippen LogP contribution is 2.35. The summed E-state index contributed by atoms with van der Waals surface area (Å²) in [5.41, 5.74) is 7.09. The van der Waals surface area contributed by atoms with Gasteiger partial charge in [0.05, 0.1) is 5.71 Å². The summed E-state index contributed by atoms with van der Waals surface area (Å²) in [6, 6.07) is 18.6. The molecule has 0 unspecified atom stereocenters. The Morgan fingerprint density at radius 2 is 1.83 bits per heavy atom. The van der Waals surface area contributed by atoms with Gasteiger partial charge >= 0.3 is 0 Å². The number of amides is 1. The van der Waals surface area contributed by atoms with Crippen LogP contribution in [0.1, 0.15) is 71.5 Å². The van der Waals surface area contributed by atoms with E-state index in [2.05, 4.69) is 47.4 Å². The quantitative estimate of drug-likeness (QED) is 0.245. The Hall–Kier alpha value is -3.18. The number of hydrogen-bond acceptors (Lipinski definition) is 4. The first-order valence-electron chi connectivity index (χ1n) is 12.1. The number of piperidine rings is 1. The lowest BCUT2D eigenvalue weighted by molar-refractivity contribution is -0.129. The second kappa shape index (κ2) is 11.0. The van der Waals surface area contributed by atoms with Gasteiger partial charge in [0.1, 0.15) is 0 Å². The van der Waals surface area contributed by atoms with Crippen molar-refractivity contribution in [3.05, 3.63) is 99.3 Å². The van der Waals surface area contributed by atoms with Crippen LogP contribution in [0.5, 0.6) is 0 Å². The molecule has 1 fully saturated rings.